The van der Waals surface area contributed by atoms with Crippen LogP contribution in [0.3, 0.4) is 0 Å². The summed E-state index contributed by atoms with van der Waals surface area (Å²) >= 11 is 5.65. The molecule has 0 bridgehead atoms. The summed E-state index contributed by atoms with van der Waals surface area (Å²) in [6.45, 7) is 2.27. The minimum absolute atomic E-state index is 0.106. The molecule has 1 aromatic heterocycles. The SMILES string of the molecule is CC1SCCSC1C(N)c1cscn1. The summed E-state index contributed by atoms with van der Waals surface area (Å²) in [4.78, 5) is 4.30. The fraction of sp³-hybridized carbons (Fsp3) is 0.667. The van der Waals surface area contributed by atoms with E-state index < -0.39 is 0 Å². The average molecular weight is 246 g/mol. The Morgan fingerprint density at radius 1 is 1.50 bits per heavy atom. The van der Waals surface area contributed by atoms with Crippen LogP contribution in [-0.2, 0) is 0 Å². The highest BCUT2D eigenvalue weighted by Crippen LogP contribution is 2.37. The van der Waals surface area contributed by atoms with Crippen molar-refractivity contribution >= 4 is 34.9 Å². The number of rotatable bonds is 2. The second kappa shape index (κ2) is 4.88. The van der Waals surface area contributed by atoms with Crippen molar-refractivity contribution in [2.24, 2.45) is 5.73 Å². The van der Waals surface area contributed by atoms with E-state index in [0.717, 1.165) is 5.69 Å². The van der Waals surface area contributed by atoms with Gasteiger partial charge >= 0.3 is 0 Å². The average Bonchev–Trinajstić information content (AvgIpc) is 2.70. The number of nitrogens with zero attached hydrogens (tertiary/aromatic N) is 1. The summed E-state index contributed by atoms with van der Waals surface area (Å²) in [5.41, 5.74) is 9.13. The fourth-order valence-corrected chi connectivity index (χ4v) is 5.06. The first-order chi connectivity index (χ1) is 6.79. The summed E-state index contributed by atoms with van der Waals surface area (Å²) in [5, 5.41) is 3.23. The van der Waals surface area contributed by atoms with Crippen LogP contribution in [0.1, 0.15) is 18.7 Å². The summed E-state index contributed by atoms with van der Waals surface area (Å²) < 4.78 is 0. The first-order valence-electron chi connectivity index (χ1n) is 4.66. The molecule has 14 heavy (non-hydrogen) atoms. The molecule has 0 spiro atoms. The molecule has 2 nitrogen and oxygen atoms in total. The van der Waals surface area contributed by atoms with Crippen LogP contribution < -0.4 is 5.73 Å². The van der Waals surface area contributed by atoms with Crippen LogP contribution in [0.2, 0.25) is 0 Å². The lowest BCUT2D eigenvalue weighted by atomic mass is 10.1. The molecule has 2 heterocycles. The molecule has 3 atom stereocenters. The van der Waals surface area contributed by atoms with Gasteiger partial charge in [0.2, 0.25) is 0 Å². The van der Waals surface area contributed by atoms with Gasteiger partial charge in [-0.1, -0.05) is 6.92 Å². The van der Waals surface area contributed by atoms with E-state index >= 15 is 0 Å². The predicted molar refractivity (Wildman–Crippen MR) is 67.2 cm³/mol. The molecular formula is C9H14N2S3. The molecule has 0 aliphatic carbocycles. The molecule has 3 unspecified atom stereocenters. The Morgan fingerprint density at radius 2 is 2.29 bits per heavy atom. The van der Waals surface area contributed by atoms with Crippen LogP contribution in [0.25, 0.3) is 0 Å². The van der Waals surface area contributed by atoms with Gasteiger partial charge in [-0.05, 0) is 0 Å². The van der Waals surface area contributed by atoms with Crippen molar-refractivity contribution in [3.63, 3.8) is 0 Å². The molecule has 2 N–H and O–H groups in total. The van der Waals surface area contributed by atoms with Crippen LogP contribution in [0, 0.1) is 0 Å². The second-order valence-electron chi connectivity index (χ2n) is 3.35. The van der Waals surface area contributed by atoms with Crippen LogP contribution in [0.15, 0.2) is 10.9 Å². The van der Waals surface area contributed by atoms with E-state index in [4.69, 9.17) is 5.73 Å². The Bertz CT molecular complexity index is 276. The summed E-state index contributed by atoms with van der Waals surface area (Å²) in [6, 6.07) is 0.106. The van der Waals surface area contributed by atoms with Crippen molar-refractivity contribution in [1.29, 1.82) is 0 Å². The highest BCUT2D eigenvalue weighted by molar-refractivity contribution is 8.07. The van der Waals surface area contributed by atoms with Crippen molar-refractivity contribution in [3.05, 3.63) is 16.6 Å². The van der Waals surface area contributed by atoms with Gasteiger partial charge in [-0.15, -0.1) is 11.3 Å². The molecule has 0 radical (unpaired) electrons. The molecule has 1 fully saturated rings. The van der Waals surface area contributed by atoms with Gasteiger partial charge in [0.25, 0.3) is 0 Å². The monoisotopic (exact) mass is 246 g/mol. The summed E-state index contributed by atoms with van der Waals surface area (Å²) in [7, 11) is 0. The summed E-state index contributed by atoms with van der Waals surface area (Å²) in [6.07, 6.45) is 0. The number of hydrogen-bond acceptors (Lipinski definition) is 5. The third-order valence-electron chi connectivity index (χ3n) is 2.38. The van der Waals surface area contributed by atoms with Gasteiger partial charge in [-0.3, -0.25) is 0 Å². The van der Waals surface area contributed by atoms with Crippen molar-refractivity contribution in [2.45, 2.75) is 23.5 Å². The van der Waals surface area contributed by atoms with E-state index in [2.05, 4.69) is 17.3 Å². The van der Waals surface area contributed by atoms with Crippen molar-refractivity contribution in [3.8, 4) is 0 Å². The first-order valence-corrected chi connectivity index (χ1v) is 7.70. The van der Waals surface area contributed by atoms with Crippen molar-refractivity contribution in [1.82, 2.24) is 4.98 Å². The highest BCUT2D eigenvalue weighted by Gasteiger charge is 2.29. The Kier molecular flexibility index (Phi) is 3.76. The number of hydrogen-bond donors (Lipinski definition) is 1. The zero-order chi connectivity index (χ0) is 9.97. The van der Waals surface area contributed by atoms with Crippen molar-refractivity contribution in [2.75, 3.05) is 11.5 Å². The quantitative estimate of drug-likeness (QED) is 0.869. The minimum Gasteiger partial charge on any atom is -0.322 e. The van der Waals surface area contributed by atoms with Crippen LogP contribution >= 0.6 is 34.9 Å². The zero-order valence-corrected chi connectivity index (χ0v) is 10.5. The van der Waals surface area contributed by atoms with Gasteiger partial charge < -0.3 is 5.73 Å². The smallest absolute Gasteiger partial charge is 0.0795 e. The van der Waals surface area contributed by atoms with Crippen LogP contribution in [-0.4, -0.2) is 27.0 Å². The maximum absolute atomic E-state index is 6.21. The predicted octanol–water partition coefficient (Wildman–Crippen LogP) is 2.38. The Balaban J connectivity index is 2.06. The number of aromatic nitrogens is 1. The van der Waals surface area contributed by atoms with Gasteiger partial charge in [0, 0.05) is 27.4 Å². The lowest BCUT2D eigenvalue weighted by Gasteiger charge is -2.31. The molecule has 2 rings (SSSR count). The summed E-state index contributed by atoms with van der Waals surface area (Å²) in [5.74, 6) is 2.48. The van der Waals surface area contributed by atoms with E-state index in [1.807, 2.05) is 29.0 Å². The molecule has 1 aliphatic heterocycles. The molecule has 5 heteroatoms. The van der Waals surface area contributed by atoms with E-state index in [9.17, 15) is 0 Å². The topological polar surface area (TPSA) is 38.9 Å². The lowest BCUT2D eigenvalue weighted by Crippen LogP contribution is -2.34. The van der Waals surface area contributed by atoms with Gasteiger partial charge in [0.05, 0.1) is 17.2 Å². The van der Waals surface area contributed by atoms with Crippen LogP contribution in [0.4, 0.5) is 0 Å². The third kappa shape index (κ3) is 2.27. The second-order valence-corrected chi connectivity index (χ2v) is 6.84. The Morgan fingerprint density at radius 3 is 2.93 bits per heavy atom. The molecule has 0 aromatic carbocycles. The largest absolute Gasteiger partial charge is 0.322 e. The maximum atomic E-state index is 6.21. The van der Waals surface area contributed by atoms with E-state index in [1.54, 1.807) is 11.3 Å². The van der Waals surface area contributed by atoms with Gasteiger partial charge in [0.1, 0.15) is 0 Å². The van der Waals surface area contributed by atoms with Gasteiger partial charge in [-0.2, -0.15) is 23.5 Å². The molecular weight excluding hydrogens is 232 g/mol. The molecule has 1 aliphatic rings. The Labute approximate surface area is 97.1 Å². The maximum Gasteiger partial charge on any atom is 0.0795 e. The van der Waals surface area contributed by atoms with Crippen molar-refractivity contribution < 1.29 is 0 Å². The van der Waals surface area contributed by atoms with E-state index in [1.165, 1.54) is 11.5 Å². The molecule has 1 aromatic rings. The number of thiazole rings is 1. The molecule has 0 amide bonds. The minimum atomic E-state index is 0.106. The first kappa shape index (κ1) is 10.8. The van der Waals surface area contributed by atoms with E-state index in [-0.39, 0.29) is 6.04 Å². The lowest BCUT2D eigenvalue weighted by molar-refractivity contribution is 0.649. The molecule has 78 valence electrons. The Hall–Kier alpha value is 0.290. The van der Waals surface area contributed by atoms with Gasteiger partial charge in [-0.25, -0.2) is 4.98 Å². The molecule has 0 saturated carbocycles. The standard InChI is InChI=1S/C9H14N2S3/c1-6-9(14-3-2-13-6)8(10)7-4-12-5-11-7/h4-6,8-9H,2-3,10H2,1H3. The highest BCUT2D eigenvalue weighted by atomic mass is 32.2. The van der Waals surface area contributed by atoms with E-state index in [0.29, 0.717) is 10.5 Å². The van der Waals surface area contributed by atoms with Crippen LogP contribution in [0.5, 0.6) is 0 Å². The zero-order valence-electron chi connectivity index (χ0n) is 8.05. The van der Waals surface area contributed by atoms with Gasteiger partial charge in [0.15, 0.2) is 0 Å². The number of thioether (sulfide) groups is 2. The normalized spacial score (nSPS) is 30.1. The third-order valence-corrected chi connectivity index (χ3v) is 6.20. The molecule has 1 saturated heterocycles. The fourth-order valence-electron chi connectivity index (χ4n) is 1.60. The number of nitrogens with two attached hydrogens (primary N) is 1.